The Morgan fingerprint density at radius 1 is 1.17 bits per heavy atom. The molecule has 4 nitrogen and oxygen atoms in total. The lowest BCUT2D eigenvalue weighted by molar-refractivity contribution is -0.137. The molecule has 2 aromatic rings. The van der Waals surface area contributed by atoms with Crippen molar-refractivity contribution in [2.75, 3.05) is 18.2 Å². The third-order valence-corrected chi connectivity index (χ3v) is 3.32. The van der Waals surface area contributed by atoms with Gasteiger partial charge in [0.15, 0.2) is 0 Å². The molecule has 0 saturated carbocycles. The first-order valence-electron chi connectivity index (χ1n) is 6.65. The molecule has 0 aliphatic carbocycles. The van der Waals surface area contributed by atoms with Crippen LogP contribution in [0.25, 0.3) is 0 Å². The number of hydrogen-bond donors (Lipinski definition) is 2. The van der Waals surface area contributed by atoms with Crippen molar-refractivity contribution in [1.82, 2.24) is 0 Å². The molecule has 0 aliphatic heterocycles. The number of amides is 1. The van der Waals surface area contributed by atoms with Crippen LogP contribution in [0.15, 0.2) is 36.4 Å². The van der Waals surface area contributed by atoms with Crippen molar-refractivity contribution in [2.24, 2.45) is 0 Å². The van der Waals surface area contributed by atoms with Gasteiger partial charge in [-0.15, -0.1) is 0 Å². The lowest BCUT2D eigenvalue weighted by Crippen LogP contribution is -2.14. The zero-order chi connectivity index (χ0) is 17.2. The Balaban J connectivity index is 2.28. The largest absolute Gasteiger partial charge is 0.495 e. The highest BCUT2D eigenvalue weighted by molar-refractivity contribution is 6.05. The molecule has 0 aromatic heterocycles. The molecule has 2 aromatic carbocycles. The van der Waals surface area contributed by atoms with Crippen LogP contribution in [0, 0.1) is 6.92 Å². The predicted octanol–water partition coefficient (Wildman–Crippen LogP) is 3.86. The van der Waals surface area contributed by atoms with Gasteiger partial charge in [-0.2, -0.15) is 13.2 Å². The molecule has 23 heavy (non-hydrogen) atoms. The van der Waals surface area contributed by atoms with Crippen LogP contribution in [-0.4, -0.2) is 13.0 Å². The first-order valence-corrected chi connectivity index (χ1v) is 6.65. The Kier molecular flexibility index (Phi) is 4.49. The van der Waals surface area contributed by atoms with E-state index in [2.05, 4.69) is 5.32 Å². The fraction of sp³-hybridized carbons (Fsp3) is 0.188. The number of nitrogens with two attached hydrogens (primary N) is 1. The predicted molar refractivity (Wildman–Crippen MR) is 81.5 cm³/mol. The maximum Gasteiger partial charge on any atom is 0.416 e. The number of halogens is 3. The van der Waals surface area contributed by atoms with Gasteiger partial charge < -0.3 is 15.8 Å². The number of methoxy groups -OCH3 is 1. The molecule has 0 atom stereocenters. The van der Waals surface area contributed by atoms with Gasteiger partial charge in [0.25, 0.3) is 5.91 Å². The molecule has 3 N–H and O–H groups in total. The molecular weight excluding hydrogens is 309 g/mol. The number of rotatable bonds is 3. The van der Waals surface area contributed by atoms with E-state index in [-0.39, 0.29) is 11.4 Å². The summed E-state index contributed by atoms with van der Waals surface area (Å²) in [5.74, 6) is -0.567. The number of anilines is 2. The van der Waals surface area contributed by atoms with Gasteiger partial charge in [0, 0.05) is 11.3 Å². The maximum absolute atomic E-state index is 12.7. The standard InChI is InChI=1S/C16H15F3N2O2/c1-9-3-4-10(7-12(9)20)15(22)21-13-6-5-11(16(17,18)19)8-14(13)23-2/h3-8H,20H2,1-2H3,(H,21,22). The molecule has 0 fully saturated rings. The Morgan fingerprint density at radius 3 is 2.43 bits per heavy atom. The molecule has 0 radical (unpaired) electrons. The third-order valence-electron chi connectivity index (χ3n) is 3.32. The number of ether oxygens (including phenoxy) is 1. The Hall–Kier alpha value is -2.70. The number of hydrogen-bond acceptors (Lipinski definition) is 3. The van der Waals surface area contributed by atoms with E-state index in [0.717, 1.165) is 23.8 Å². The van der Waals surface area contributed by atoms with Gasteiger partial charge in [-0.3, -0.25) is 4.79 Å². The molecule has 7 heteroatoms. The van der Waals surface area contributed by atoms with Crippen LogP contribution >= 0.6 is 0 Å². The average Bonchev–Trinajstić information content (AvgIpc) is 2.49. The van der Waals surface area contributed by atoms with Crippen LogP contribution in [0.2, 0.25) is 0 Å². The van der Waals surface area contributed by atoms with E-state index in [1.807, 2.05) is 0 Å². The molecule has 0 bridgehead atoms. The number of carbonyl (C=O) groups excluding carboxylic acids is 1. The summed E-state index contributed by atoms with van der Waals surface area (Å²) in [4.78, 5) is 12.2. The summed E-state index contributed by atoms with van der Waals surface area (Å²) in [6.45, 7) is 1.80. The Morgan fingerprint density at radius 2 is 1.87 bits per heavy atom. The van der Waals surface area contributed by atoms with E-state index >= 15 is 0 Å². The van der Waals surface area contributed by atoms with Crippen molar-refractivity contribution >= 4 is 17.3 Å². The molecule has 0 spiro atoms. The number of alkyl halides is 3. The highest BCUT2D eigenvalue weighted by atomic mass is 19.4. The van der Waals surface area contributed by atoms with Crippen molar-refractivity contribution in [3.05, 3.63) is 53.1 Å². The monoisotopic (exact) mass is 324 g/mol. The SMILES string of the molecule is COc1cc(C(F)(F)F)ccc1NC(=O)c1ccc(C)c(N)c1. The van der Waals surface area contributed by atoms with Crippen molar-refractivity contribution in [1.29, 1.82) is 0 Å². The van der Waals surface area contributed by atoms with E-state index in [0.29, 0.717) is 11.3 Å². The van der Waals surface area contributed by atoms with Crippen molar-refractivity contribution in [2.45, 2.75) is 13.1 Å². The van der Waals surface area contributed by atoms with Crippen molar-refractivity contribution in [3.8, 4) is 5.75 Å². The van der Waals surface area contributed by atoms with Crippen LogP contribution in [0.4, 0.5) is 24.5 Å². The van der Waals surface area contributed by atoms with Gasteiger partial charge in [-0.05, 0) is 42.8 Å². The van der Waals surface area contributed by atoms with Crippen LogP contribution in [0.3, 0.4) is 0 Å². The molecule has 122 valence electrons. The summed E-state index contributed by atoms with van der Waals surface area (Å²) in [5.41, 5.74) is 6.62. The summed E-state index contributed by atoms with van der Waals surface area (Å²) < 4.78 is 43.0. The van der Waals surface area contributed by atoms with Crippen molar-refractivity contribution in [3.63, 3.8) is 0 Å². The van der Waals surface area contributed by atoms with Gasteiger partial charge in [0.05, 0.1) is 18.4 Å². The van der Waals surface area contributed by atoms with Crippen LogP contribution in [0.5, 0.6) is 5.75 Å². The summed E-state index contributed by atoms with van der Waals surface area (Å²) in [5, 5.41) is 2.52. The summed E-state index contributed by atoms with van der Waals surface area (Å²) in [6.07, 6.45) is -4.48. The summed E-state index contributed by atoms with van der Waals surface area (Å²) in [7, 11) is 1.23. The Labute approximate surface area is 131 Å². The molecule has 0 aliphatic rings. The third kappa shape index (κ3) is 3.74. The number of nitrogens with one attached hydrogen (secondary N) is 1. The second-order valence-corrected chi connectivity index (χ2v) is 4.94. The van der Waals surface area contributed by atoms with E-state index < -0.39 is 17.6 Å². The van der Waals surface area contributed by atoms with Crippen LogP contribution < -0.4 is 15.8 Å². The fourth-order valence-electron chi connectivity index (χ4n) is 1.95. The van der Waals surface area contributed by atoms with Gasteiger partial charge in [0.2, 0.25) is 0 Å². The normalized spacial score (nSPS) is 11.2. The van der Waals surface area contributed by atoms with Gasteiger partial charge >= 0.3 is 6.18 Å². The lowest BCUT2D eigenvalue weighted by atomic mass is 10.1. The number of carbonyl (C=O) groups is 1. The highest BCUT2D eigenvalue weighted by Gasteiger charge is 2.31. The van der Waals surface area contributed by atoms with Crippen LogP contribution in [-0.2, 0) is 6.18 Å². The van der Waals surface area contributed by atoms with Gasteiger partial charge in [-0.25, -0.2) is 0 Å². The van der Waals surface area contributed by atoms with E-state index in [1.165, 1.54) is 13.2 Å². The zero-order valence-corrected chi connectivity index (χ0v) is 12.5. The minimum atomic E-state index is -4.48. The first-order chi connectivity index (χ1) is 10.7. The van der Waals surface area contributed by atoms with E-state index in [4.69, 9.17) is 10.5 Å². The molecular formula is C16H15F3N2O2. The topological polar surface area (TPSA) is 64.3 Å². The van der Waals surface area contributed by atoms with E-state index in [9.17, 15) is 18.0 Å². The molecule has 1 amide bonds. The number of aryl methyl sites for hydroxylation is 1. The second kappa shape index (κ2) is 6.20. The average molecular weight is 324 g/mol. The minimum Gasteiger partial charge on any atom is -0.495 e. The first kappa shape index (κ1) is 16.7. The second-order valence-electron chi connectivity index (χ2n) is 4.94. The molecule has 0 unspecified atom stereocenters. The zero-order valence-electron chi connectivity index (χ0n) is 12.5. The quantitative estimate of drug-likeness (QED) is 0.843. The number of nitrogen functional groups attached to an aromatic ring is 1. The summed E-state index contributed by atoms with van der Waals surface area (Å²) >= 11 is 0. The van der Waals surface area contributed by atoms with Crippen molar-refractivity contribution < 1.29 is 22.7 Å². The Bertz CT molecular complexity index is 743. The maximum atomic E-state index is 12.7. The smallest absolute Gasteiger partial charge is 0.416 e. The molecule has 2 rings (SSSR count). The molecule has 0 saturated heterocycles. The van der Waals surface area contributed by atoms with Gasteiger partial charge in [-0.1, -0.05) is 6.07 Å². The van der Waals surface area contributed by atoms with Crippen LogP contribution in [0.1, 0.15) is 21.5 Å². The summed E-state index contributed by atoms with van der Waals surface area (Å²) in [6, 6.07) is 7.63. The molecule has 0 heterocycles. The van der Waals surface area contributed by atoms with Gasteiger partial charge in [0.1, 0.15) is 5.75 Å². The van der Waals surface area contributed by atoms with E-state index in [1.54, 1.807) is 19.1 Å². The number of benzene rings is 2. The highest BCUT2D eigenvalue weighted by Crippen LogP contribution is 2.35. The fourth-order valence-corrected chi connectivity index (χ4v) is 1.95. The lowest BCUT2D eigenvalue weighted by Gasteiger charge is -2.14. The minimum absolute atomic E-state index is 0.0757.